The molecule has 0 bridgehead atoms. The first-order valence-corrected chi connectivity index (χ1v) is 4.23. The molecule has 16 heavy (non-hydrogen) atoms. The van der Waals surface area contributed by atoms with E-state index < -0.39 is 23.1 Å². The highest BCUT2D eigenvalue weighted by Crippen LogP contribution is 2.36. The van der Waals surface area contributed by atoms with E-state index in [1.807, 2.05) is 0 Å². The van der Waals surface area contributed by atoms with Crippen LogP contribution in [-0.4, -0.2) is 5.11 Å². The molecule has 0 aliphatic carbocycles. The Kier molecular flexibility index (Phi) is 2.15. The van der Waals surface area contributed by atoms with Gasteiger partial charge in [-0.25, -0.2) is 4.79 Å². The molecule has 3 nitrogen and oxygen atoms in total. The van der Waals surface area contributed by atoms with Crippen LogP contribution in [0.3, 0.4) is 0 Å². The van der Waals surface area contributed by atoms with E-state index in [0.29, 0.717) is 0 Å². The van der Waals surface area contributed by atoms with Crippen molar-refractivity contribution in [3.05, 3.63) is 40.2 Å². The van der Waals surface area contributed by atoms with Crippen LogP contribution in [-0.2, 0) is 6.18 Å². The van der Waals surface area contributed by atoms with Gasteiger partial charge < -0.3 is 9.52 Å². The summed E-state index contributed by atoms with van der Waals surface area (Å²) in [5.41, 5.74) is -3.35. The molecule has 0 radical (unpaired) electrons. The van der Waals surface area contributed by atoms with Gasteiger partial charge in [0.15, 0.2) is 5.56 Å². The van der Waals surface area contributed by atoms with E-state index in [1.54, 1.807) is 0 Å². The Labute approximate surface area is 86.7 Å². The van der Waals surface area contributed by atoms with Crippen LogP contribution in [0.25, 0.3) is 11.0 Å². The van der Waals surface area contributed by atoms with Crippen LogP contribution < -0.4 is 5.63 Å². The summed E-state index contributed by atoms with van der Waals surface area (Å²) in [5, 5.41) is 9.24. The predicted octanol–water partition coefficient (Wildman–Crippen LogP) is 2.52. The molecule has 1 N–H and O–H groups in total. The topological polar surface area (TPSA) is 50.4 Å². The maximum Gasteiger partial charge on any atom is 0.427 e. The third-order valence-corrected chi connectivity index (χ3v) is 2.07. The van der Waals surface area contributed by atoms with E-state index in [1.165, 1.54) is 24.3 Å². The molecule has 1 heterocycles. The number of fused-ring (bicyclic) bond motifs is 1. The van der Waals surface area contributed by atoms with Gasteiger partial charge in [-0.05, 0) is 12.1 Å². The quantitative estimate of drug-likeness (QED) is 0.707. The number of benzene rings is 1. The maximum atomic E-state index is 12.4. The molecule has 0 saturated heterocycles. The molecule has 2 rings (SSSR count). The van der Waals surface area contributed by atoms with Crippen molar-refractivity contribution in [2.45, 2.75) is 6.18 Å². The number of halogens is 3. The minimum atomic E-state index is -4.94. The zero-order valence-electron chi connectivity index (χ0n) is 7.71. The number of aromatic hydroxyl groups is 1. The SMILES string of the molecule is O=c1oc2ccccc2c(O)c1C(F)(F)F. The standard InChI is InChI=1S/C10H5F3O3/c11-10(12,13)7-8(14)5-3-1-2-4-6(5)16-9(7)15/h1-4,14H. The van der Waals surface area contributed by atoms with Gasteiger partial charge in [0, 0.05) is 0 Å². The molecule has 84 valence electrons. The molecule has 0 amide bonds. The molecule has 0 aliphatic rings. The predicted molar refractivity (Wildman–Crippen MR) is 49.2 cm³/mol. The van der Waals surface area contributed by atoms with Crippen molar-refractivity contribution in [3.63, 3.8) is 0 Å². The van der Waals surface area contributed by atoms with Crippen molar-refractivity contribution in [2.24, 2.45) is 0 Å². The van der Waals surface area contributed by atoms with Gasteiger partial charge in [-0.15, -0.1) is 0 Å². The Bertz CT molecular complexity index is 598. The van der Waals surface area contributed by atoms with Crippen LogP contribution in [0.1, 0.15) is 5.56 Å². The zero-order valence-corrected chi connectivity index (χ0v) is 7.71. The highest BCUT2D eigenvalue weighted by Gasteiger charge is 2.39. The Hall–Kier alpha value is -1.98. The molecule has 0 aliphatic heterocycles. The van der Waals surface area contributed by atoms with Crippen LogP contribution in [0.2, 0.25) is 0 Å². The Morgan fingerprint density at radius 2 is 1.81 bits per heavy atom. The number of para-hydroxylation sites is 1. The maximum absolute atomic E-state index is 12.4. The number of hydrogen-bond donors (Lipinski definition) is 1. The largest absolute Gasteiger partial charge is 0.506 e. The van der Waals surface area contributed by atoms with Gasteiger partial charge in [-0.2, -0.15) is 13.2 Å². The Morgan fingerprint density at radius 1 is 1.19 bits per heavy atom. The summed E-state index contributed by atoms with van der Waals surface area (Å²) in [6, 6.07) is 5.46. The average Bonchev–Trinajstić information content (AvgIpc) is 2.15. The molecule has 0 saturated carbocycles. The van der Waals surface area contributed by atoms with Crippen LogP contribution in [0.4, 0.5) is 13.2 Å². The van der Waals surface area contributed by atoms with E-state index in [-0.39, 0.29) is 11.0 Å². The van der Waals surface area contributed by atoms with E-state index in [4.69, 9.17) is 0 Å². The van der Waals surface area contributed by atoms with Crippen LogP contribution in [0.15, 0.2) is 33.5 Å². The van der Waals surface area contributed by atoms with Gasteiger partial charge in [0.05, 0.1) is 5.39 Å². The summed E-state index contributed by atoms with van der Waals surface area (Å²) in [6.07, 6.45) is -4.94. The number of alkyl halides is 3. The lowest BCUT2D eigenvalue weighted by Crippen LogP contribution is -2.18. The number of rotatable bonds is 0. The second-order valence-electron chi connectivity index (χ2n) is 3.11. The minimum absolute atomic E-state index is 0.0852. The Morgan fingerprint density at radius 3 is 2.44 bits per heavy atom. The minimum Gasteiger partial charge on any atom is -0.506 e. The first-order valence-electron chi connectivity index (χ1n) is 4.23. The molecule has 0 unspecified atom stereocenters. The summed E-state index contributed by atoms with van der Waals surface area (Å²) < 4.78 is 41.7. The second-order valence-corrected chi connectivity index (χ2v) is 3.11. The second kappa shape index (κ2) is 3.26. The molecular weight excluding hydrogens is 225 g/mol. The van der Waals surface area contributed by atoms with Crippen molar-refractivity contribution in [1.29, 1.82) is 0 Å². The molecule has 2 aromatic rings. The zero-order chi connectivity index (χ0) is 11.9. The highest BCUT2D eigenvalue weighted by atomic mass is 19.4. The summed E-state index contributed by atoms with van der Waals surface area (Å²) in [4.78, 5) is 11.1. The molecule has 1 aromatic heterocycles. The van der Waals surface area contributed by atoms with E-state index in [2.05, 4.69) is 4.42 Å². The molecule has 0 fully saturated rings. The van der Waals surface area contributed by atoms with Gasteiger partial charge in [0.2, 0.25) is 0 Å². The molecule has 6 heteroatoms. The summed E-state index contributed by atoms with van der Waals surface area (Å²) in [7, 11) is 0. The van der Waals surface area contributed by atoms with E-state index in [9.17, 15) is 23.1 Å². The van der Waals surface area contributed by atoms with E-state index >= 15 is 0 Å². The molecular formula is C10H5F3O3. The van der Waals surface area contributed by atoms with Crippen LogP contribution in [0.5, 0.6) is 5.75 Å². The van der Waals surface area contributed by atoms with Gasteiger partial charge in [0.1, 0.15) is 11.3 Å². The van der Waals surface area contributed by atoms with Crippen molar-refractivity contribution in [1.82, 2.24) is 0 Å². The van der Waals surface area contributed by atoms with Gasteiger partial charge in [0.25, 0.3) is 0 Å². The third kappa shape index (κ3) is 1.52. The average molecular weight is 230 g/mol. The fourth-order valence-corrected chi connectivity index (χ4v) is 1.38. The van der Waals surface area contributed by atoms with Crippen molar-refractivity contribution < 1.29 is 22.7 Å². The lowest BCUT2D eigenvalue weighted by molar-refractivity contribution is -0.140. The molecule has 1 aromatic carbocycles. The lowest BCUT2D eigenvalue weighted by Gasteiger charge is -2.08. The van der Waals surface area contributed by atoms with E-state index in [0.717, 1.165) is 0 Å². The Balaban J connectivity index is 2.92. The van der Waals surface area contributed by atoms with Crippen LogP contribution >= 0.6 is 0 Å². The number of hydrogen-bond acceptors (Lipinski definition) is 3. The summed E-state index contributed by atoms with van der Waals surface area (Å²) in [6.45, 7) is 0. The lowest BCUT2D eigenvalue weighted by atomic mass is 10.1. The normalized spacial score (nSPS) is 11.9. The van der Waals surface area contributed by atoms with Gasteiger partial charge in [-0.3, -0.25) is 0 Å². The third-order valence-electron chi connectivity index (χ3n) is 2.07. The van der Waals surface area contributed by atoms with Gasteiger partial charge >= 0.3 is 11.8 Å². The summed E-state index contributed by atoms with van der Waals surface area (Å²) in [5.74, 6) is -1.10. The van der Waals surface area contributed by atoms with Crippen molar-refractivity contribution in [3.8, 4) is 5.75 Å². The molecule has 0 spiro atoms. The first-order chi connectivity index (χ1) is 7.41. The molecule has 0 atom stereocenters. The van der Waals surface area contributed by atoms with Gasteiger partial charge in [-0.1, -0.05) is 12.1 Å². The fraction of sp³-hybridized carbons (Fsp3) is 0.100. The van der Waals surface area contributed by atoms with Crippen LogP contribution in [0, 0.1) is 0 Å². The monoisotopic (exact) mass is 230 g/mol. The highest BCUT2D eigenvalue weighted by molar-refractivity contribution is 5.84. The smallest absolute Gasteiger partial charge is 0.427 e. The first kappa shape index (κ1) is 10.5. The summed E-state index contributed by atoms with van der Waals surface area (Å²) >= 11 is 0. The fourth-order valence-electron chi connectivity index (χ4n) is 1.38. The van der Waals surface area contributed by atoms with Crippen molar-refractivity contribution in [2.75, 3.05) is 0 Å². The van der Waals surface area contributed by atoms with Crippen molar-refractivity contribution >= 4 is 11.0 Å².